The van der Waals surface area contributed by atoms with E-state index >= 15 is 0 Å². The zero-order valence-electron chi connectivity index (χ0n) is 10.9. The number of rotatable bonds is 7. The molecule has 1 rings (SSSR count). The number of ether oxygens (including phenoxy) is 1. The smallest absolute Gasteiger partial charge is 0.328 e. The fraction of sp³-hybridized carbons (Fsp3) is 0.385. The molecule has 0 saturated heterocycles. The van der Waals surface area contributed by atoms with Gasteiger partial charge in [0, 0.05) is 6.42 Å². The SMILES string of the molecule is COc1ccc(CCC(=O)N[C@H](CO)C(=O)O)cc1Br. The molecule has 0 bridgehead atoms. The molecule has 3 N–H and O–H groups in total. The Balaban J connectivity index is 2.52. The van der Waals surface area contributed by atoms with Crippen LogP contribution >= 0.6 is 15.9 Å². The van der Waals surface area contributed by atoms with Gasteiger partial charge in [0.1, 0.15) is 11.8 Å². The van der Waals surface area contributed by atoms with Gasteiger partial charge in [-0.05, 0) is 40.0 Å². The topological polar surface area (TPSA) is 95.9 Å². The number of amides is 1. The number of methoxy groups -OCH3 is 1. The molecule has 0 radical (unpaired) electrons. The average Bonchev–Trinajstić information content (AvgIpc) is 2.42. The predicted molar refractivity (Wildman–Crippen MR) is 75.7 cm³/mol. The molecule has 0 spiro atoms. The number of nitrogens with one attached hydrogen (secondary N) is 1. The fourth-order valence-corrected chi connectivity index (χ4v) is 2.16. The number of carbonyl (C=O) groups is 2. The highest BCUT2D eigenvalue weighted by Gasteiger charge is 2.18. The highest BCUT2D eigenvalue weighted by Crippen LogP contribution is 2.25. The van der Waals surface area contributed by atoms with E-state index in [9.17, 15) is 9.59 Å². The minimum Gasteiger partial charge on any atom is -0.496 e. The second kappa shape index (κ2) is 7.86. The van der Waals surface area contributed by atoms with Crippen LogP contribution in [0.15, 0.2) is 22.7 Å². The first-order chi connectivity index (χ1) is 9.47. The summed E-state index contributed by atoms with van der Waals surface area (Å²) in [5, 5.41) is 19.8. The van der Waals surface area contributed by atoms with E-state index in [1.807, 2.05) is 12.1 Å². The second-order valence-electron chi connectivity index (χ2n) is 4.11. The van der Waals surface area contributed by atoms with Gasteiger partial charge >= 0.3 is 5.97 Å². The van der Waals surface area contributed by atoms with Gasteiger partial charge in [-0.25, -0.2) is 4.79 Å². The van der Waals surface area contributed by atoms with Crippen molar-refractivity contribution in [2.24, 2.45) is 0 Å². The third-order valence-corrected chi connectivity index (χ3v) is 3.29. The van der Waals surface area contributed by atoms with Gasteiger partial charge in [-0.1, -0.05) is 6.07 Å². The Morgan fingerprint density at radius 1 is 1.45 bits per heavy atom. The van der Waals surface area contributed by atoms with Gasteiger partial charge in [0.15, 0.2) is 0 Å². The van der Waals surface area contributed by atoms with Crippen molar-refractivity contribution in [3.8, 4) is 5.75 Å². The molecule has 0 aliphatic heterocycles. The van der Waals surface area contributed by atoms with Gasteiger partial charge in [0.2, 0.25) is 5.91 Å². The quantitative estimate of drug-likeness (QED) is 0.683. The van der Waals surface area contributed by atoms with Gasteiger partial charge in [0.05, 0.1) is 18.2 Å². The monoisotopic (exact) mass is 345 g/mol. The zero-order chi connectivity index (χ0) is 15.1. The van der Waals surface area contributed by atoms with Gasteiger partial charge in [0.25, 0.3) is 0 Å². The van der Waals surface area contributed by atoms with Crippen molar-refractivity contribution in [2.45, 2.75) is 18.9 Å². The van der Waals surface area contributed by atoms with Crippen LogP contribution < -0.4 is 10.1 Å². The normalized spacial score (nSPS) is 11.8. The maximum atomic E-state index is 11.6. The number of carboxylic acid groups (broad SMARTS) is 1. The van der Waals surface area contributed by atoms with Crippen LogP contribution in [0.25, 0.3) is 0 Å². The summed E-state index contributed by atoms with van der Waals surface area (Å²) in [6, 6.07) is 4.19. The van der Waals surface area contributed by atoms with Crippen LogP contribution in [0.1, 0.15) is 12.0 Å². The van der Waals surface area contributed by atoms with Crippen molar-refractivity contribution in [1.29, 1.82) is 0 Å². The molecule has 0 unspecified atom stereocenters. The molecule has 0 aromatic heterocycles. The summed E-state index contributed by atoms with van der Waals surface area (Å²) in [6.07, 6.45) is 0.606. The number of carboxylic acids is 1. The van der Waals surface area contributed by atoms with Gasteiger partial charge in [-0.3, -0.25) is 4.79 Å². The van der Waals surface area contributed by atoms with Gasteiger partial charge < -0.3 is 20.3 Å². The molecule has 0 aliphatic carbocycles. The maximum Gasteiger partial charge on any atom is 0.328 e. The molecule has 20 heavy (non-hydrogen) atoms. The van der Waals surface area contributed by atoms with E-state index in [2.05, 4.69) is 21.2 Å². The van der Waals surface area contributed by atoms with E-state index in [0.717, 1.165) is 10.0 Å². The van der Waals surface area contributed by atoms with Crippen molar-refractivity contribution in [2.75, 3.05) is 13.7 Å². The zero-order valence-corrected chi connectivity index (χ0v) is 12.5. The second-order valence-corrected chi connectivity index (χ2v) is 4.96. The summed E-state index contributed by atoms with van der Waals surface area (Å²) in [5.41, 5.74) is 0.920. The van der Waals surface area contributed by atoms with E-state index in [4.69, 9.17) is 14.9 Å². The number of hydrogen-bond acceptors (Lipinski definition) is 4. The largest absolute Gasteiger partial charge is 0.496 e. The lowest BCUT2D eigenvalue weighted by Crippen LogP contribution is -2.43. The van der Waals surface area contributed by atoms with Crippen LogP contribution in [-0.4, -0.2) is 41.8 Å². The van der Waals surface area contributed by atoms with Crippen molar-refractivity contribution in [3.63, 3.8) is 0 Å². The first-order valence-corrected chi connectivity index (χ1v) is 6.72. The molecule has 7 heteroatoms. The molecule has 1 aromatic rings. The number of carbonyl (C=O) groups excluding carboxylic acids is 1. The number of benzene rings is 1. The Morgan fingerprint density at radius 2 is 2.15 bits per heavy atom. The van der Waals surface area contributed by atoms with Crippen LogP contribution in [0.4, 0.5) is 0 Å². The minimum atomic E-state index is -1.26. The Kier molecular flexibility index (Phi) is 6.47. The number of hydrogen-bond donors (Lipinski definition) is 3. The summed E-state index contributed by atoms with van der Waals surface area (Å²) in [5.74, 6) is -0.976. The number of halogens is 1. The van der Waals surface area contributed by atoms with Crippen LogP contribution in [0, 0.1) is 0 Å². The van der Waals surface area contributed by atoms with Crippen LogP contribution in [0.2, 0.25) is 0 Å². The lowest BCUT2D eigenvalue weighted by Gasteiger charge is -2.11. The summed E-state index contributed by atoms with van der Waals surface area (Å²) >= 11 is 3.35. The van der Waals surface area contributed by atoms with Crippen molar-refractivity contribution >= 4 is 27.8 Å². The Hall–Kier alpha value is -1.60. The summed E-state index contributed by atoms with van der Waals surface area (Å²) in [7, 11) is 1.56. The molecule has 1 atom stereocenters. The Bertz CT molecular complexity index is 492. The molecule has 0 saturated carbocycles. The molecule has 0 fully saturated rings. The molecule has 1 aromatic carbocycles. The lowest BCUT2D eigenvalue weighted by molar-refractivity contribution is -0.142. The third kappa shape index (κ3) is 4.82. The van der Waals surface area contributed by atoms with Crippen LogP contribution in [0.5, 0.6) is 5.75 Å². The van der Waals surface area contributed by atoms with E-state index in [0.29, 0.717) is 12.2 Å². The molecule has 6 nitrogen and oxygen atoms in total. The third-order valence-electron chi connectivity index (χ3n) is 2.67. The highest BCUT2D eigenvalue weighted by atomic mass is 79.9. The summed E-state index contributed by atoms with van der Waals surface area (Å²) in [6.45, 7) is -0.630. The lowest BCUT2D eigenvalue weighted by atomic mass is 10.1. The molecule has 1 amide bonds. The number of aryl methyl sites for hydroxylation is 1. The minimum absolute atomic E-state index is 0.141. The van der Waals surface area contributed by atoms with Gasteiger partial charge in [-0.2, -0.15) is 0 Å². The Morgan fingerprint density at radius 3 is 2.65 bits per heavy atom. The van der Waals surface area contributed by atoms with Crippen molar-refractivity contribution in [1.82, 2.24) is 5.32 Å². The molecule has 110 valence electrons. The molecular weight excluding hydrogens is 330 g/mol. The first-order valence-electron chi connectivity index (χ1n) is 5.93. The van der Waals surface area contributed by atoms with Crippen molar-refractivity contribution < 1.29 is 24.5 Å². The molecule has 0 aliphatic rings. The van der Waals surface area contributed by atoms with E-state index < -0.39 is 24.5 Å². The maximum absolute atomic E-state index is 11.6. The van der Waals surface area contributed by atoms with Gasteiger partial charge in [-0.15, -0.1) is 0 Å². The summed E-state index contributed by atoms with van der Waals surface area (Å²) in [4.78, 5) is 22.2. The van der Waals surface area contributed by atoms with Crippen LogP contribution in [-0.2, 0) is 16.0 Å². The predicted octanol–water partition coefficient (Wildman–Crippen LogP) is 0.952. The number of aliphatic hydroxyl groups excluding tert-OH is 1. The average molecular weight is 346 g/mol. The Labute approximate surface area is 124 Å². The standard InChI is InChI=1S/C13H16BrNO5/c1-20-11-4-2-8(6-9(11)14)3-5-12(17)15-10(7-16)13(18)19/h2,4,6,10,16H,3,5,7H2,1H3,(H,15,17)(H,18,19)/t10-/m1/s1. The summed E-state index contributed by atoms with van der Waals surface area (Å²) < 4.78 is 5.89. The molecular formula is C13H16BrNO5. The van der Waals surface area contributed by atoms with Crippen LogP contribution in [0.3, 0.4) is 0 Å². The fourth-order valence-electron chi connectivity index (χ4n) is 1.58. The van der Waals surface area contributed by atoms with Crippen molar-refractivity contribution in [3.05, 3.63) is 28.2 Å². The molecule has 0 heterocycles. The highest BCUT2D eigenvalue weighted by molar-refractivity contribution is 9.10. The number of aliphatic hydroxyl groups is 1. The van der Waals surface area contributed by atoms with E-state index in [1.54, 1.807) is 13.2 Å². The van der Waals surface area contributed by atoms with E-state index in [-0.39, 0.29) is 6.42 Å². The first kappa shape index (κ1) is 16.5. The number of aliphatic carboxylic acids is 1. The van der Waals surface area contributed by atoms with E-state index in [1.165, 1.54) is 0 Å².